The predicted octanol–water partition coefficient (Wildman–Crippen LogP) is 12.0. The summed E-state index contributed by atoms with van der Waals surface area (Å²) in [5.74, 6) is 4.69. The van der Waals surface area contributed by atoms with Crippen molar-refractivity contribution in [3.63, 3.8) is 0 Å². The molecule has 4 bridgehead atoms. The van der Waals surface area contributed by atoms with Crippen LogP contribution in [-0.4, -0.2) is 87.6 Å². The Kier molecular flexibility index (Phi) is 11.7. The number of halogens is 5. The lowest BCUT2D eigenvalue weighted by atomic mass is 9.92. The molecule has 7 aliphatic rings. The number of hydrogen-bond acceptors (Lipinski definition) is 11. The maximum Gasteiger partial charge on any atom is 0.225 e. The van der Waals surface area contributed by atoms with E-state index < -0.39 is 23.3 Å². The molecule has 4 saturated heterocycles. The summed E-state index contributed by atoms with van der Waals surface area (Å²) >= 11 is 6.75. The van der Waals surface area contributed by atoms with Gasteiger partial charge in [0, 0.05) is 106 Å². The van der Waals surface area contributed by atoms with Gasteiger partial charge in [-0.2, -0.15) is 0 Å². The molecule has 7 fully saturated rings. The van der Waals surface area contributed by atoms with Gasteiger partial charge in [-0.05, 0) is 129 Å². The Hall–Kier alpha value is -7.43. The standard InChI is InChI=1S/C33H30F2N4O2.C29H23ClF2N4O/c1-3-22-24(34)11-8-18-12-21(40)13-23(25(18)22)31-29(35)27-26(16-4-5-16)30(17-6-7-17)37-32(28(27)33(38-31)41-2)39-14-19-9-10-20(15-39)36-19;1-2-19-22(31)8-5-15-9-18(37)10-20(23(15)19)27-26(32)25-21(11-33-27)29(35-28(30)24(25)14-3-4-14)36-12-16-6-7-17(13-36)34-16/h1,8,11-13,16-17,19-20,36,40H,4-7,9-10,14-15H2,2H3;1,5,8-11,14,16-17,34,37H,3-4,6-7,12-13H2. The zero-order valence-electron chi connectivity index (χ0n) is 42.7. The molecule has 4 aliphatic heterocycles. The highest BCUT2D eigenvalue weighted by molar-refractivity contribution is 6.31. The van der Waals surface area contributed by atoms with Crippen molar-refractivity contribution in [3.05, 3.63) is 111 Å². The normalized spacial score (nSPS) is 21.5. The zero-order chi connectivity index (χ0) is 53.4. The summed E-state index contributed by atoms with van der Waals surface area (Å²) in [4.78, 5) is 23.8. The van der Waals surface area contributed by atoms with Crippen LogP contribution in [0.2, 0.25) is 5.15 Å². The summed E-state index contributed by atoms with van der Waals surface area (Å²) in [5, 5.41) is 32.4. The molecule has 8 heterocycles. The summed E-state index contributed by atoms with van der Waals surface area (Å²) in [6, 6.07) is 12.8. The highest BCUT2D eigenvalue weighted by Gasteiger charge is 2.42. The van der Waals surface area contributed by atoms with Crippen LogP contribution in [0.3, 0.4) is 0 Å². The van der Waals surface area contributed by atoms with E-state index in [2.05, 4.69) is 37.3 Å². The maximum absolute atomic E-state index is 17.3. The third-order valence-corrected chi connectivity index (χ3v) is 17.4. The summed E-state index contributed by atoms with van der Waals surface area (Å²) < 4.78 is 69.5. The largest absolute Gasteiger partial charge is 0.508 e. The van der Waals surface area contributed by atoms with Gasteiger partial charge in [0.15, 0.2) is 11.6 Å². The van der Waals surface area contributed by atoms with Crippen LogP contribution in [0.1, 0.15) is 110 Å². The Bertz CT molecular complexity index is 3960. The molecule has 394 valence electrons. The fraction of sp³-hybridized carbons (Fsp3) is 0.355. The lowest BCUT2D eigenvalue weighted by molar-refractivity contribution is 0.402. The molecule has 4 aromatic carbocycles. The maximum atomic E-state index is 17.3. The molecule has 0 radical (unpaired) electrons. The van der Waals surface area contributed by atoms with Gasteiger partial charge in [0.1, 0.15) is 51.3 Å². The van der Waals surface area contributed by atoms with Gasteiger partial charge in [0.2, 0.25) is 5.88 Å². The van der Waals surface area contributed by atoms with Crippen LogP contribution >= 0.6 is 11.6 Å². The summed E-state index contributed by atoms with van der Waals surface area (Å²) in [7, 11) is 1.54. The van der Waals surface area contributed by atoms with Crippen LogP contribution < -0.4 is 25.2 Å². The highest BCUT2D eigenvalue weighted by atomic mass is 35.5. The number of rotatable bonds is 8. The molecule has 4 aromatic heterocycles. The second kappa shape index (κ2) is 18.6. The zero-order valence-corrected chi connectivity index (χ0v) is 43.4. The number of phenolic OH excluding ortho intramolecular Hbond substituents is 2. The molecule has 78 heavy (non-hydrogen) atoms. The van der Waals surface area contributed by atoms with Crippen molar-refractivity contribution in [1.82, 2.24) is 30.6 Å². The first kappa shape index (κ1) is 48.9. The van der Waals surface area contributed by atoms with E-state index in [0.717, 1.165) is 107 Å². The first-order chi connectivity index (χ1) is 37.9. The minimum Gasteiger partial charge on any atom is -0.508 e. The van der Waals surface area contributed by atoms with Crippen molar-refractivity contribution < 1.29 is 32.5 Å². The van der Waals surface area contributed by atoms with Crippen LogP contribution in [0, 0.1) is 48.0 Å². The third kappa shape index (κ3) is 8.10. The lowest BCUT2D eigenvalue weighted by Gasteiger charge is -2.35. The number of phenols is 2. The monoisotopic (exact) mass is 1070 g/mol. The molecule has 4 unspecified atom stereocenters. The fourth-order valence-electron chi connectivity index (χ4n) is 13.2. The summed E-state index contributed by atoms with van der Waals surface area (Å²) in [6.45, 7) is 3.12. The SMILES string of the molecule is C#Cc1c(F)ccc2cc(O)cc(-c3nc(OC)c4c(N5CC6CCC(C5)N6)nc(C5CC5)c(C5CC5)c4c3F)c12.C#Cc1c(F)ccc2cc(O)cc(-c3ncc4c(N5CC6CCC(C5)N6)nc(Cl)c(C5CC5)c4c3F)c12. The third-order valence-electron chi connectivity index (χ3n) is 17.1. The lowest BCUT2D eigenvalue weighted by Crippen LogP contribution is -2.51. The number of ether oxygens (including phenoxy) is 1. The molecule has 15 rings (SSSR count). The second-order valence-electron chi connectivity index (χ2n) is 22.3. The Morgan fingerprint density at radius 1 is 0.590 bits per heavy atom. The van der Waals surface area contributed by atoms with Crippen molar-refractivity contribution in [2.45, 2.75) is 106 Å². The highest BCUT2D eigenvalue weighted by Crippen LogP contribution is 2.55. The second-order valence-corrected chi connectivity index (χ2v) is 22.7. The van der Waals surface area contributed by atoms with E-state index in [9.17, 15) is 19.0 Å². The minimum atomic E-state index is -0.593. The topological polar surface area (TPSA) is 132 Å². The fourth-order valence-corrected chi connectivity index (χ4v) is 13.6. The van der Waals surface area contributed by atoms with Gasteiger partial charge < -0.3 is 35.4 Å². The van der Waals surface area contributed by atoms with Gasteiger partial charge in [-0.1, -0.05) is 35.6 Å². The van der Waals surface area contributed by atoms with Gasteiger partial charge in [0.25, 0.3) is 0 Å². The quantitative estimate of drug-likeness (QED) is 0.0659. The van der Waals surface area contributed by atoms with Crippen molar-refractivity contribution >= 4 is 66.3 Å². The molecule has 3 aliphatic carbocycles. The number of methoxy groups -OCH3 is 1. The molecular formula is C62H53ClF4N8O3. The van der Waals surface area contributed by atoms with Crippen molar-refractivity contribution in [2.24, 2.45) is 0 Å². The Morgan fingerprint density at radius 3 is 1.60 bits per heavy atom. The average Bonchev–Trinajstić information content (AvgIpc) is 4.42. The van der Waals surface area contributed by atoms with E-state index in [-0.39, 0.29) is 62.9 Å². The summed E-state index contributed by atoms with van der Waals surface area (Å²) in [6.07, 6.45) is 23.3. The van der Waals surface area contributed by atoms with Gasteiger partial charge in [-0.3, -0.25) is 4.98 Å². The first-order valence-corrected chi connectivity index (χ1v) is 27.4. The minimum absolute atomic E-state index is 0.000884. The predicted molar refractivity (Wildman–Crippen MR) is 296 cm³/mol. The Labute approximate surface area is 452 Å². The number of piperazine rings is 2. The average molecular weight is 1070 g/mol. The summed E-state index contributed by atoms with van der Waals surface area (Å²) in [5.41, 5.74) is 3.09. The number of pyridine rings is 4. The molecular weight excluding hydrogens is 1020 g/mol. The van der Waals surface area contributed by atoms with Gasteiger partial charge >= 0.3 is 0 Å². The molecule has 11 nitrogen and oxygen atoms in total. The van der Waals surface area contributed by atoms with Crippen LogP contribution in [0.4, 0.5) is 29.2 Å². The van der Waals surface area contributed by atoms with E-state index in [1.165, 1.54) is 55.6 Å². The molecule has 4 atom stereocenters. The number of nitrogens with zero attached hydrogens (tertiary/aromatic N) is 6. The smallest absolute Gasteiger partial charge is 0.225 e. The number of aromatic nitrogens is 4. The Morgan fingerprint density at radius 2 is 1.09 bits per heavy atom. The van der Waals surface area contributed by atoms with E-state index >= 15 is 8.78 Å². The number of fused-ring (bicyclic) bond motifs is 8. The molecule has 16 heteroatoms. The number of aromatic hydroxyl groups is 2. The van der Waals surface area contributed by atoms with Crippen molar-refractivity contribution in [2.75, 3.05) is 43.1 Å². The molecule has 4 N–H and O–H groups in total. The van der Waals surface area contributed by atoms with E-state index in [4.69, 9.17) is 44.1 Å². The van der Waals surface area contributed by atoms with Crippen LogP contribution in [0.15, 0.2) is 54.7 Å². The van der Waals surface area contributed by atoms with Gasteiger partial charge in [-0.15, -0.1) is 12.8 Å². The molecule has 0 spiro atoms. The van der Waals surface area contributed by atoms with Crippen LogP contribution in [0.5, 0.6) is 17.4 Å². The number of benzene rings is 4. The van der Waals surface area contributed by atoms with Crippen LogP contribution in [-0.2, 0) is 0 Å². The molecule has 3 saturated carbocycles. The van der Waals surface area contributed by atoms with E-state index in [1.807, 2.05) is 0 Å². The first-order valence-electron chi connectivity index (χ1n) is 27.0. The van der Waals surface area contributed by atoms with Crippen LogP contribution in [0.25, 0.3) is 65.6 Å². The molecule has 8 aromatic rings. The van der Waals surface area contributed by atoms with Gasteiger partial charge in [-0.25, -0.2) is 32.5 Å². The van der Waals surface area contributed by atoms with E-state index in [0.29, 0.717) is 89.7 Å². The van der Waals surface area contributed by atoms with Gasteiger partial charge in [0.05, 0.1) is 29.3 Å². The molecule has 0 amide bonds. The van der Waals surface area contributed by atoms with E-state index in [1.54, 1.807) is 6.20 Å². The number of anilines is 2. The Balaban J connectivity index is 0.000000142. The number of terminal acetylenes is 2. The van der Waals surface area contributed by atoms with Crippen molar-refractivity contribution in [3.8, 4) is 64.6 Å². The van der Waals surface area contributed by atoms with Crippen molar-refractivity contribution in [1.29, 1.82) is 0 Å². The number of nitrogens with one attached hydrogen (secondary N) is 2. The number of hydrogen-bond donors (Lipinski definition) is 4.